The first-order valence-electron chi connectivity index (χ1n) is 19.9. The third-order valence-electron chi connectivity index (χ3n) is 12.1. The van der Waals surface area contributed by atoms with Crippen LogP contribution in [0.4, 0.5) is 11.4 Å². The molecule has 0 bridgehead atoms. The van der Waals surface area contributed by atoms with Gasteiger partial charge in [-0.25, -0.2) is 9.97 Å². The van der Waals surface area contributed by atoms with Crippen LogP contribution in [-0.4, -0.2) is 68.4 Å². The number of nitro benzene ring substituents is 1. The van der Waals surface area contributed by atoms with Gasteiger partial charge in [0.15, 0.2) is 5.52 Å². The second kappa shape index (κ2) is 15.8. The van der Waals surface area contributed by atoms with Gasteiger partial charge in [0.2, 0.25) is 0 Å². The third-order valence-corrected chi connectivity index (χ3v) is 13.1. The van der Waals surface area contributed by atoms with Crippen LogP contribution in [0.15, 0.2) is 89.6 Å². The van der Waals surface area contributed by atoms with Gasteiger partial charge in [0.25, 0.3) is 11.6 Å². The van der Waals surface area contributed by atoms with E-state index in [1.807, 2.05) is 56.4 Å². The van der Waals surface area contributed by atoms with E-state index in [9.17, 15) is 14.9 Å². The molecule has 1 spiro atoms. The van der Waals surface area contributed by atoms with Gasteiger partial charge in [0.1, 0.15) is 23.0 Å². The molecular formula is C44H45ClN8O4S. The number of pyridine rings is 1. The highest BCUT2D eigenvalue weighted by atomic mass is 35.5. The summed E-state index contributed by atoms with van der Waals surface area (Å²) in [7, 11) is 0. The summed E-state index contributed by atoms with van der Waals surface area (Å²) >= 11 is 7.29. The molecule has 1 aliphatic heterocycles. The minimum atomic E-state index is -0.450. The lowest BCUT2D eigenvalue weighted by atomic mass is 9.59. The van der Waals surface area contributed by atoms with E-state index in [0.29, 0.717) is 44.2 Å². The van der Waals surface area contributed by atoms with E-state index in [-0.39, 0.29) is 11.6 Å². The number of fused-ring (bicyclic) bond motifs is 2. The normalized spacial score (nSPS) is 17.0. The number of rotatable bonds is 11. The lowest BCUT2D eigenvalue weighted by molar-refractivity contribution is -0.383. The molecule has 3 aliphatic rings. The Hall–Kier alpha value is -5.37. The topological polar surface area (TPSA) is 145 Å². The van der Waals surface area contributed by atoms with Crippen LogP contribution < -0.4 is 14.4 Å². The number of benzene rings is 3. The van der Waals surface area contributed by atoms with E-state index in [1.54, 1.807) is 23.9 Å². The zero-order valence-electron chi connectivity index (χ0n) is 32.5. The van der Waals surface area contributed by atoms with Crippen molar-refractivity contribution in [2.45, 2.75) is 63.2 Å². The van der Waals surface area contributed by atoms with Crippen molar-refractivity contribution in [3.05, 3.63) is 117 Å². The Balaban J connectivity index is 0.933. The molecule has 4 heterocycles. The molecule has 2 fully saturated rings. The summed E-state index contributed by atoms with van der Waals surface area (Å²) in [4.78, 5) is 46.1. The van der Waals surface area contributed by atoms with Gasteiger partial charge in [-0.15, -0.1) is 0 Å². The molecule has 298 valence electrons. The fourth-order valence-electron chi connectivity index (χ4n) is 8.63. The minimum absolute atomic E-state index is 0.0639. The van der Waals surface area contributed by atoms with Gasteiger partial charge in [-0.05, 0) is 103 Å². The van der Waals surface area contributed by atoms with Crippen LogP contribution in [0.1, 0.15) is 80.0 Å². The van der Waals surface area contributed by atoms with Crippen molar-refractivity contribution in [3.8, 4) is 11.5 Å². The quantitative estimate of drug-likeness (QED) is 0.0661. The SMILES string of the molecule is CC(C)c1nc2c([N+](=O)[O-])cc(SNC(=O)c3ccc(N4CCN(CC5=C(c6ccc(Cl)cc6)CC6(CCC6)CC5)CC4)cc3Oc3cnc4[nH]ccc4c3)cc2[nH]1. The number of carbonyl (C=O) groups is 1. The number of amides is 1. The molecule has 0 radical (unpaired) electrons. The highest BCUT2D eigenvalue weighted by Crippen LogP contribution is 2.55. The maximum atomic E-state index is 13.9. The van der Waals surface area contributed by atoms with Crippen molar-refractivity contribution >= 4 is 68.5 Å². The highest BCUT2D eigenvalue weighted by molar-refractivity contribution is 7.98. The Kier molecular flexibility index (Phi) is 10.4. The molecule has 2 aliphatic carbocycles. The smallest absolute Gasteiger partial charge is 0.298 e. The Morgan fingerprint density at radius 3 is 2.60 bits per heavy atom. The fraction of sp³-hybridized carbons (Fsp3) is 0.341. The number of halogens is 1. The van der Waals surface area contributed by atoms with Crippen molar-refractivity contribution in [2.24, 2.45) is 5.41 Å². The number of hydrogen-bond donors (Lipinski definition) is 3. The molecule has 0 unspecified atom stereocenters. The molecule has 1 amide bonds. The van der Waals surface area contributed by atoms with Gasteiger partial charge in [-0.2, -0.15) is 0 Å². The van der Waals surface area contributed by atoms with Crippen molar-refractivity contribution in [2.75, 3.05) is 37.6 Å². The zero-order valence-corrected chi connectivity index (χ0v) is 34.1. The zero-order chi connectivity index (χ0) is 40.0. The first kappa shape index (κ1) is 38.2. The predicted molar refractivity (Wildman–Crippen MR) is 230 cm³/mol. The van der Waals surface area contributed by atoms with Gasteiger partial charge >= 0.3 is 0 Å². The lowest BCUT2D eigenvalue weighted by Gasteiger charge is -2.47. The number of carbonyl (C=O) groups excluding carboxylic acids is 1. The standard InChI is InChI=1S/C44H45ClN8O4S/c1-27(2)41-48-37-22-34(23-38(53(55)56)40(37)49-41)58-50-43(54)35-9-8-32(21-39(35)57-33-20-29-11-15-46-42(29)47-25-33)52-18-16-51(17-19-52)26-30-10-14-44(12-3-13-44)24-36(30)28-4-6-31(45)7-5-28/h4-9,11,15,20-23,25,27H,3,10,12-14,16-19,24,26H2,1-2H3,(H,46,47)(H,48,49)(H,50,54). The summed E-state index contributed by atoms with van der Waals surface area (Å²) in [6.45, 7) is 8.39. The number of allylic oxidation sites excluding steroid dienone is 1. The number of piperazine rings is 1. The number of aromatic amines is 2. The van der Waals surface area contributed by atoms with Crippen LogP contribution in [-0.2, 0) is 0 Å². The average molecular weight is 817 g/mol. The highest BCUT2D eigenvalue weighted by Gasteiger charge is 2.41. The van der Waals surface area contributed by atoms with Crippen LogP contribution in [0.2, 0.25) is 5.02 Å². The molecule has 3 aromatic carbocycles. The van der Waals surface area contributed by atoms with Gasteiger partial charge in [0, 0.05) is 78.0 Å². The van der Waals surface area contributed by atoms with Crippen molar-refractivity contribution in [3.63, 3.8) is 0 Å². The van der Waals surface area contributed by atoms with Crippen LogP contribution in [0.3, 0.4) is 0 Å². The first-order chi connectivity index (χ1) is 28.1. The van der Waals surface area contributed by atoms with E-state index in [0.717, 1.165) is 79.3 Å². The minimum Gasteiger partial charge on any atom is -0.455 e. The fourth-order valence-corrected chi connectivity index (χ4v) is 9.43. The predicted octanol–water partition coefficient (Wildman–Crippen LogP) is 10.3. The Morgan fingerprint density at radius 2 is 1.86 bits per heavy atom. The van der Waals surface area contributed by atoms with E-state index < -0.39 is 10.8 Å². The van der Waals surface area contributed by atoms with Gasteiger partial charge in [-0.1, -0.05) is 49.6 Å². The second-order valence-corrected chi connectivity index (χ2v) is 17.5. The molecule has 9 rings (SSSR count). The average Bonchev–Trinajstić information content (AvgIpc) is 3.87. The number of imidazole rings is 1. The first-order valence-corrected chi connectivity index (χ1v) is 21.1. The van der Waals surface area contributed by atoms with Gasteiger partial charge in [-0.3, -0.25) is 24.5 Å². The van der Waals surface area contributed by atoms with E-state index in [2.05, 4.69) is 46.6 Å². The van der Waals surface area contributed by atoms with Crippen LogP contribution >= 0.6 is 23.5 Å². The van der Waals surface area contributed by atoms with Crippen LogP contribution in [0.5, 0.6) is 11.5 Å². The molecule has 3 N–H and O–H groups in total. The molecule has 14 heteroatoms. The van der Waals surface area contributed by atoms with E-state index >= 15 is 0 Å². The Labute approximate surface area is 345 Å². The Morgan fingerprint density at radius 1 is 1.05 bits per heavy atom. The molecule has 1 saturated carbocycles. The third kappa shape index (κ3) is 7.78. The monoisotopic (exact) mass is 816 g/mol. The number of H-pyrrole nitrogens is 2. The summed E-state index contributed by atoms with van der Waals surface area (Å²) in [6, 6.07) is 21.1. The maximum Gasteiger partial charge on any atom is 0.298 e. The summed E-state index contributed by atoms with van der Waals surface area (Å²) in [5.74, 6) is 1.21. The molecule has 58 heavy (non-hydrogen) atoms. The number of nitrogens with one attached hydrogen (secondary N) is 3. The Bertz CT molecular complexity index is 2550. The van der Waals surface area contributed by atoms with Crippen LogP contribution in [0, 0.1) is 15.5 Å². The number of nitro groups is 1. The molecule has 12 nitrogen and oxygen atoms in total. The van der Waals surface area contributed by atoms with Crippen molar-refractivity contribution in [1.29, 1.82) is 0 Å². The lowest BCUT2D eigenvalue weighted by Crippen LogP contribution is -2.47. The van der Waals surface area contributed by atoms with E-state index in [1.165, 1.54) is 42.9 Å². The molecular weight excluding hydrogens is 772 g/mol. The van der Waals surface area contributed by atoms with Crippen molar-refractivity contribution in [1.82, 2.24) is 29.6 Å². The second-order valence-electron chi connectivity index (χ2n) is 16.2. The molecule has 6 aromatic rings. The van der Waals surface area contributed by atoms with Crippen molar-refractivity contribution < 1.29 is 14.5 Å². The number of hydrogen-bond acceptors (Lipinski definition) is 9. The molecule has 0 atom stereocenters. The van der Waals surface area contributed by atoms with E-state index in [4.69, 9.17) is 16.3 Å². The number of non-ortho nitro benzene ring substituents is 1. The summed E-state index contributed by atoms with van der Waals surface area (Å²) in [5.41, 5.74) is 7.60. The number of nitrogens with zero attached hydrogens (tertiary/aromatic N) is 5. The number of anilines is 1. The number of ether oxygens (including phenoxy) is 1. The maximum absolute atomic E-state index is 13.9. The van der Waals surface area contributed by atoms with Gasteiger partial charge in [0.05, 0.1) is 22.2 Å². The molecule has 1 saturated heterocycles. The summed E-state index contributed by atoms with van der Waals surface area (Å²) < 4.78 is 9.33. The largest absolute Gasteiger partial charge is 0.455 e. The number of aromatic nitrogens is 4. The summed E-state index contributed by atoms with van der Waals surface area (Å²) in [5, 5.41) is 13.6. The van der Waals surface area contributed by atoms with Crippen LogP contribution in [0.25, 0.3) is 27.6 Å². The molecule has 3 aromatic heterocycles. The summed E-state index contributed by atoms with van der Waals surface area (Å²) in [6.07, 6.45) is 11.1. The van der Waals surface area contributed by atoms with Gasteiger partial charge < -0.3 is 19.6 Å².